The first kappa shape index (κ1) is 16.0. The van der Waals surface area contributed by atoms with E-state index in [9.17, 15) is 13.2 Å². The third-order valence-electron chi connectivity index (χ3n) is 3.28. The Labute approximate surface area is 124 Å². The second-order valence-electron chi connectivity index (χ2n) is 4.72. The standard InChI is InChI=1S/C14H13F3N4O/c1-8-11(7-22-21-8)10(4-5-18)13-9(6-19)2-3-12(20-13)14(15,16)17/h2-3,7,10H,4-5,18H2,1H3. The van der Waals surface area contributed by atoms with Crippen LogP contribution in [0.2, 0.25) is 0 Å². The third kappa shape index (κ3) is 3.09. The number of alkyl halides is 3. The summed E-state index contributed by atoms with van der Waals surface area (Å²) in [4.78, 5) is 3.66. The number of hydrogen-bond acceptors (Lipinski definition) is 5. The average molecular weight is 310 g/mol. The summed E-state index contributed by atoms with van der Waals surface area (Å²) in [6.07, 6.45) is -2.91. The molecule has 0 aliphatic rings. The fraction of sp³-hybridized carbons (Fsp3) is 0.357. The Morgan fingerprint density at radius 3 is 2.64 bits per heavy atom. The van der Waals surface area contributed by atoms with E-state index in [-0.39, 0.29) is 17.8 Å². The summed E-state index contributed by atoms with van der Waals surface area (Å²) >= 11 is 0. The number of nitrogens with two attached hydrogens (primary N) is 1. The van der Waals surface area contributed by atoms with Crippen LogP contribution in [-0.4, -0.2) is 16.7 Å². The molecule has 2 rings (SSSR count). The predicted octanol–water partition coefficient (Wildman–Crippen LogP) is 2.75. The van der Waals surface area contributed by atoms with Crippen molar-refractivity contribution < 1.29 is 17.7 Å². The molecule has 0 aliphatic carbocycles. The molecule has 2 heterocycles. The molecule has 116 valence electrons. The van der Waals surface area contributed by atoms with Gasteiger partial charge in [-0.25, -0.2) is 4.98 Å². The Hall–Kier alpha value is -2.40. The molecule has 1 atom stereocenters. The van der Waals surface area contributed by atoms with Gasteiger partial charge < -0.3 is 10.3 Å². The van der Waals surface area contributed by atoms with Crippen LogP contribution in [0.1, 0.15) is 40.5 Å². The zero-order chi connectivity index (χ0) is 16.3. The first-order valence-electron chi connectivity index (χ1n) is 6.47. The maximum atomic E-state index is 12.9. The lowest BCUT2D eigenvalue weighted by Gasteiger charge is -2.17. The van der Waals surface area contributed by atoms with Gasteiger partial charge in [0.2, 0.25) is 0 Å². The normalized spacial score (nSPS) is 12.9. The fourth-order valence-corrected chi connectivity index (χ4v) is 2.23. The van der Waals surface area contributed by atoms with Crippen molar-refractivity contribution in [3.05, 3.63) is 46.6 Å². The largest absolute Gasteiger partial charge is 0.433 e. The van der Waals surface area contributed by atoms with E-state index in [0.29, 0.717) is 17.7 Å². The Balaban J connectivity index is 2.60. The number of aromatic nitrogens is 2. The minimum Gasteiger partial charge on any atom is -0.364 e. The van der Waals surface area contributed by atoms with Crippen LogP contribution in [0.25, 0.3) is 0 Å². The lowest BCUT2D eigenvalue weighted by Crippen LogP contribution is -2.16. The van der Waals surface area contributed by atoms with Crippen molar-refractivity contribution in [2.45, 2.75) is 25.4 Å². The molecule has 0 saturated carbocycles. The van der Waals surface area contributed by atoms with Crippen LogP contribution < -0.4 is 5.73 Å². The monoisotopic (exact) mass is 310 g/mol. The smallest absolute Gasteiger partial charge is 0.364 e. The summed E-state index contributed by atoms with van der Waals surface area (Å²) < 4.78 is 43.5. The highest BCUT2D eigenvalue weighted by molar-refractivity contribution is 5.41. The van der Waals surface area contributed by atoms with E-state index >= 15 is 0 Å². The number of rotatable bonds is 4. The first-order chi connectivity index (χ1) is 10.4. The van der Waals surface area contributed by atoms with Gasteiger partial charge in [0.1, 0.15) is 18.0 Å². The Morgan fingerprint density at radius 1 is 1.41 bits per heavy atom. The molecular formula is C14H13F3N4O. The van der Waals surface area contributed by atoms with Gasteiger partial charge in [-0.05, 0) is 32.0 Å². The molecule has 0 bridgehead atoms. The van der Waals surface area contributed by atoms with Gasteiger partial charge >= 0.3 is 6.18 Å². The van der Waals surface area contributed by atoms with Crippen molar-refractivity contribution in [3.63, 3.8) is 0 Å². The molecule has 1 unspecified atom stereocenters. The van der Waals surface area contributed by atoms with Gasteiger partial charge in [-0.1, -0.05) is 5.16 Å². The Kier molecular flexibility index (Phi) is 4.47. The van der Waals surface area contributed by atoms with Crippen LogP contribution in [0, 0.1) is 18.3 Å². The van der Waals surface area contributed by atoms with Gasteiger partial charge in [0.25, 0.3) is 0 Å². The lowest BCUT2D eigenvalue weighted by atomic mass is 9.90. The molecule has 2 N–H and O–H groups in total. The van der Waals surface area contributed by atoms with Crippen molar-refractivity contribution in [1.29, 1.82) is 5.26 Å². The summed E-state index contributed by atoms with van der Waals surface area (Å²) in [6, 6.07) is 3.79. The van der Waals surface area contributed by atoms with Gasteiger partial charge in [-0.15, -0.1) is 0 Å². The number of halogens is 3. The molecule has 0 amide bonds. The average Bonchev–Trinajstić information content (AvgIpc) is 2.89. The summed E-state index contributed by atoms with van der Waals surface area (Å²) in [5.74, 6) is -0.576. The zero-order valence-electron chi connectivity index (χ0n) is 11.7. The van der Waals surface area contributed by atoms with Crippen LogP contribution in [0.15, 0.2) is 22.9 Å². The maximum absolute atomic E-state index is 12.9. The number of hydrogen-bond donors (Lipinski definition) is 1. The molecule has 8 heteroatoms. The van der Waals surface area contributed by atoms with Crippen molar-refractivity contribution in [3.8, 4) is 6.07 Å². The van der Waals surface area contributed by atoms with Crippen molar-refractivity contribution >= 4 is 0 Å². The van der Waals surface area contributed by atoms with E-state index in [1.54, 1.807) is 6.92 Å². The highest BCUT2D eigenvalue weighted by Gasteiger charge is 2.34. The first-order valence-corrected chi connectivity index (χ1v) is 6.47. The molecule has 0 aromatic carbocycles. The van der Waals surface area contributed by atoms with Gasteiger partial charge in [0.15, 0.2) is 0 Å². The van der Waals surface area contributed by atoms with Crippen LogP contribution in [-0.2, 0) is 6.18 Å². The molecule has 2 aromatic rings. The molecule has 22 heavy (non-hydrogen) atoms. The van der Waals surface area contributed by atoms with Gasteiger partial charge in [0, 0.05) is 11.5 Å². The van der Waals surface area contributed by atoms with E-state index in [1.165, 1.54) is 6.26 Å². The van der Waals surface area contributed by atoms with E-state index < -0.39 is 17.8 Å². The second-order valence-corrected chi connectivity index (χ2v) is 4.72. The van der Waals surface area contributed by atoms with E-state index in [1.807, 2.05) is 6.07 Å². The van der Waals surface area contributed by atoms with Crippen molar-refractivity contribution in [2.24, 2.45) is 5.73 Å². The summed E-state index contributed by atoms with van der Waals surface area (Å²) in [7, 11) is 0. The van der Waals surface area contributed by atoms with Crippen LogP contribution in [0.5, 0.6) is 0 Å². The second kappa shape index (κ2) is 6.15. The van der Waals surface area contributed by atoms with E-state index in [0.717, 1.165) is 12.1 Å². The zero-order valence-corrected chi connectivity index (χ0v) is 11.7. The van der Waals surface area contributed by atoms with E-state index in [4.69, 9.17) is 15.5 Å². The van der Waals surface area contributed by atoms with Crippen molar-refractivity contribution in [1.82, 2.24) is 10.1 Å². The highest BCUT2D eigenvalue weighted by Crippen LogP contribution is 2.34. The number of nitriles is 1. The van der Waals surface area contributed by atoms with Gasteiger partial charge in [-0.2, -0.15) is 18.4 Å². The molecule has 0 saturated heterocycles. The predicted molar refractivity (Wildman–Crippen MR) is 70.7 cm³/mol. The van der Waals surface area contributed by atoms with Crippen LogP contribution >= 0.6 is 0 Å². The SMILES string of the molecule is Cc1nocc1C(CCN)c1nc(C(F)(F)F)ccc1C#N. The summed E-state index contributed by atoms with van der Waals surface area (Å²) in [6.45, 7) is 1.89. The molecular weight excluding hydrogens is 297 g/mol. The number of aryl methyl sites for hydroxylation is 1. The third-order valence-corrected chi connectivity index (χ3v) is 3.28. The minimum atomic E-state index is -4.58. The minimum absolute atomic E-state index is 0.0362. The Bertz CT molecular complexity index is 703. The van der Waals surface area contributed by atoms with Crippen LogP contribution in [0.3, 0.4) is 0 Å². The highest BCUT2D eigenvalue weighted by atomic mass is 19.4. The lowest BCUT2D eigenvalue weighted by molar-refractivity contribution is -0.141. The molecule has 0 fully saturated rings. The van der Waals surface area contributed by atoms with Gasteiger partial charge in [-0.3, -0.25) is 0 Å². The maximum Gasteiger partial charge on any atom is 0.433 e. The van der Waals surface area contributed by atoms with Crippen molar-refractivity contribution in [2.75, 3.05) is 6.54 Å². The molecule has 0 spiro atoms. The van der Waals surface area contributed by atoms with Gasteiger partial charge in [0.05, 0.1) is 17.0 Å². The summed E-state index contributed by atoms with van der Waals surface area (Å²) in [5, 5.41) is 12.9. The summed E-state index contributed by atoms with van der Waals surface area (Å²) in [5.41, 5.74) is 5.73. The fourth-order valence-electron chi connectivity index (χ4n) is 2.23. The molecule has 0 aliphatic heterocycles. The van der Waals surface area contributed by atoms with E-state index in [2.05, 4.69) is 10.1 Å². The van der Waals surface area contributed by atoms with Crippen LogP contribution in [0.4, 0.5) is 13.2 Å². The quantitative estimate of drug-likeness (QED) is 0.938. The molecule has 5 nitrogen and oxygen atoms in total. The number of pyridine rings is 1. The molecule has 2 aromatic heterocycles. The topological polar surface area (TPSA) is 88.7 Å². The molecule has 0 radical (unpaired) electrons. The Morgan fingerprint density at radius 2 is 2.14 bits per heavy atom. The number of nitrogens with zero attached hydrogens (tertiary/aromatic N) is 3.